The fourth-order valence-corrected chi connectivity index (χ4v) is 4.08. The summed E-state index contributed by atoms with van der Waals surface area (Å²) in [5.74, 6) is -0.241. The molecular formula is C19H20F3N5O7S. The van der Waals surface area contributed by atoms with Crippen LogP contribution in [0.3, 0.4) is 0 Å². The topological polar surface area (TPSA) is 154 Å². The van der Waals surface area contributed by atoms with Gasteiger partial charge in [-0.25, -0.2) is 23.2 Å². The van der Waals surface area contributed by atoms with E-state index in [2.05, 4.69) is 15.3 Å². The first kappa shape index (κ1) is 25.9. The summed E-state index contributed by atoms with van der Waals surface area (Å²) < 4.78 is 71.1. The number of nitrogens with zero attached hydrogens (tertiary/aromatic N) is 4. The molecule has 0 aliphatic carbocycles. The number of alkyl halides is 3. The van der Waals surface area contributed by atoms with E-state index < -0.39 is 43.1 Å². The van der Waals surface area contributed by atoms with Gasteiger partial charge in [-0.05, 0) is 31.2 Å². The maximum atomic E-state index is 12.7. The van der Waals surface area contributed by atoms with Crippen molar-refractivity contribution in [3.8, 4) is 0 Å². The van der Waals surface area contributed by atoms with E-state index in [1.54, 1.807) is 11.8 Å². The minimum atomic E-state index is -5.53. The van der Waals surface area contributed by atoms with Crippen LogP contribution in [0.4, 0.5) is 41.0 Å². The Hall–Kier alpha value is -3.69. The van der Waals surface area contributed by atoms with Crippen LogP contribution in [0.1, 0.15) is 19.8 Å². The van der Waals surface area contributed by atoms with E-state index in [1.165, 1.54) is 0 Å². The molecule has 0 bridgehead atoms. The number of ether oxygens (including phenoxy) is 2. The van der Waals surface area contributed by atoms with Gasteiger partial charge >= 0.3 is 17.4 Å². The first-order valence-electron chi connectivity index (χ1n) is 10.2. The average molecular weight is 519 g/mol. The zero-order valence-corrected chi connectivity index (χ0v) is 19.0. The van der Waals surface area contributed by atoms with Gasteiger partial charge in [0, 0.05) is 31.6 Å². The summed E-state index contributed by atoms with van der Waals surface area (Å²) in [5.41, 5.74) is -5.87. The Balaban J connectivity index is 1.78. The van der Waals surface area contributed by atoms with Crippen molar-refractivity contribution in [3.05, 3.63) is 40.7 Å². The molecule has 3 rings (SSSR count). The number of rotatable bonds is 7. The van der Waals surface area contributed by atoms with Crippen molar-refractivity contribution in [3.63, 3.8) is 0 Å². The van der Waals surface area contributed by atoms with Crippen LogP contribution in [0, 0.1) is 10.1 Å². The van der Waals surface area contributed by atoms with Crippen molar-refractivity contribution in [2.24, 2.45) is 0 Å². The minimum absolute atomic E-state index is 0.00152. The lowest BCUT2D eigenvalue weighted by atomic mass is 10.1. The van der Waals surface area contributed by atoms with Crippen molar-refractivity contribution >= 4 is 39.0 Å². The van der Waals surface area contributed by atoms with E-state index >= 15 is 0 Å². The first-order valence-corrected chi connectivity index (χ1v) is 11.7. The first-order chi connectivity index (χ1) is 16.4. The maximum absolute atomic E-state index is 12.7. The summed E-state index contributed by atoms with van der Waals surface area (Å²) in [6, 6.07) is 3.52. The molecule has 1 N–H and O–H groups in total. The molecule has 1 saturated heterocycles. The molecule has 0 spiro atoms. The maximum Gasteiger partial charge on any atom is 0.508 e. The molecule has 2 heterocycles. The number of sulfone groups is 1. The SMILES string of the molecule is CCOC(=O)OC1CCN(c2ncnc(Nc3ccc(S(=O)(=O)C(F)(F)F)cc3)c2[N+](=O)[O-])CC1. The Bertz CT molecular complexity index is 1180. The Kier molecular flexibility index (Phi) is 7.62. The number of nitro groups is 1. The number of anilines is 3. The molecule has 0 amide bonds. The number of piperidine rings is 1. The van der Waals surface area contributed by atoms with Gasteiger partial charge in [-0.1, -0.05) is 0 Å². The molecule has 35 heavy (non-hydrogen) atoms. The van der Waals surface area contributed by atoms with Gasteiger partial charge < -0.3 is 19.7 Å². The molecule has 0 saturated carbocycles. The molecule has 1 aliphatic rings. The zero-order valence-electron chi connectivity index (χ0n) is 18.2. The predicted molar refractivity (Wildman–Crippen MR) is 115 cm³/mol. The number of carbonyl (C=O) groups is 1. The third-order valence-corrected chi connectivity index (χ3v) is 6.49. The molecule has 1 aromatic carbocycles. The lowest BCUT2D eigenvalue weighted by Crippen LogP contribution is -2.38. The van der Waals surface area contributed by atoms with E-state index in [4.69, 9.17) is 9.47 Å². The van der Waals surface area contributed by atoms with Crippen molar-refractivity contribution in [1.82, 2.24) is 9.97 Å². The van der Waals surface area contributed by atoms with E-state index in [-0.39, 0.29) is 37.0 Å². The molecule has 2 aromatic rings. The highest BCUT2D eigenvalue weighted by Gasteiger charge is 2.46. The summed E-state index contributed by atoms with van der Waals surface area (Å²) >= 11 is 0. The van der Waals surface area contributed by atoms with Crippen LogP contribution in [0.15, 0.2) is 35.5 Å². The summed E-state index contributed by atoms with van der Waals surface area (Å²) in [6.45, 7) is 2.38. The molecule has 1 aromatic heterocycles. The van der Waals surface area contributed by atoms with E-state index in [0.29, 0.717) is 12.8 Å². The molecule has 12 nitrogen and oxygen atoms in total. The lowest BCUT2D eigenvalue weighted by molar-refractivity contribution is -0.383. The third kappa shape index (κ3) is 5.87. The second-order valence-electron chi connectivity index (χ2n) is 7.24. The number of aromatic nitrogens is 2. The van der Waals surface area contributed by atoms with E-state index in [9.17, 15) is 36.5 Å². The van der Waals surface area contributed by atoms with Crippen LogP contribution in [-0.4, -0.2) is 60.8 Å². The normalized spacial score (nSPS) is 14.9. The van der Waals surface area contributed by atoms with E-state index in [1.807, 2.05) is 0 Å². The number of nitrogens with one attached hydrogen (secondary N) is 1. The van der Waals surface area contributed by atoms with Crippen molar-refractivity contribution < 1.29 is 40.8 Å². The van der Waals surface area contributed by atoms with Gasteiger partial charge in [-0.2, -0.15) is 13.2 Å². The predicted octanol–water partition coefficient (Wildman–Crippen LogP) is 3.56. The molecule has 1 fully saturated rings. The number of hydrogen-bond donors (Lipinski definition) is 1. The van der Waals surface area contributed by atoms with Crippen molar-refractivity contribution in [2.45, 2.75) is 36.3 Å². The van der Waals surface area contributed by atoms with Gasteiger partial charge in [0.15, 0.2) is 0 Å². The molecule has 16 heteroatoms. The van der Waals surface area contributed by atoms with Gasteiger partial charge in [0.05, 0.1) is 16.4 Å². The van der Waals surface area contributed by atoms with E-state index in [0.717, 1.165) is 30.6 Å². The fourth-order valence-electron chi connectivity index (χ4n) is 3.32. The van der Waals surface area contributed by atoms with Gasteiger partial charge in [-0.15, -0.1) is 0 Å². The monoisotopic (exact) mass is 519 g/mol. The molecule has 0 radical (unpaired) electrons. The Labute approximate surface area is 197 Å². The second kappa shape index (κ2) is 10.3. The van der Waals surface area contributed by atoms with Gasteiger partial charge in [0.25, 0.3) is 9.84 Å². The molecule has 1 aliphatic heterocycles. The largest absolute Gasteiger partial charge is 0.508 e. The van der Waals surface area contributed by atoms with Crippen molar-refractivity contribution in [2.75, 3.05) is 29.9 Å². The number of halogens is 3. The Morgan fingerprint density at radius 2 is 1.86 bits per heavy atom. The number of benzene rings is 1. The van der Waals surface area contributed by atoms with Crippen LogP contribution in [0.2, 0.25) is 0 Å². The van der Waals surface area contributed by atoms with Crippen LogP contribution >= 0.6 is 0 Å². The molecular weight excluding hydrogens is 499 g/mol. The van der Waals surface area contributed by atoms with Crippen LogP contribution < -0.4 is 10.2 Å². The lowest BCUT2D eigenvalue weighted by Gasteiger charge is -2.31. The highest BCUT2D eigenvalue weighted by Crippen LogP contribution is 2.36. The number of carbonyl (C=O) groups excluding carboxylic acids is 1. The smallest absolute Gasteiger partial charge is 0.435 e. The highest BCUT2D eigenvalue weighted by molar-refractivity contribution is 7.92. The summed E-state index contributed by atoms with van der Waals surface area (Å²) in [5, 5.41) is 14.4. The summed E-state index contributed by atoms with van der Waals surface area (Å²) in [7, 11) is -5.53. The average Bonchev–Trinajstić information content (AvgIpc) is 2.79. The van der Waals surface area contributed by atoms with Crippen LogP contribution in [0.25, 0.3) is 0 Å². The Morgan fingerprint density at radius 1 is 1.23 bits per heavy atom. The number of hydrogen-bond acceptors (Lipinski definition) is 11. The summed E-state index contributed by atoms with van der Waals surface area (Å²) in [6.07, 6.45) is 0.610. The standard InChI is InChI=1S/C19H20F3N5O7S/c1-2-33-18(28)34-13-7-9-26(10-8-13)17-15(27(29)30)16(23-11-24-17)25-12-3-5-14(6-4-12)35(31,32)19(20,21)22/h3-6,11,13H,2,7-10H2,1H3,(H,23,24,25). The fraction of sp³-hybridized carbons (Fsp3) is 0.421. The quantitative estimate of drug-likeness (QED) is 0.324. The van der Waals surface area contributed by atoms with Gasteiger partial charge in [0.1, 0.15) is 12.4 Å². The third-order valence-electron chi connectivity index (χ3n) is 4.98. The van der Waals surface area contributed by atoms with Gasteiger partial charge in [0.2, 0.25) is 11.6 Å². The zero-order chi connectivity index (χ0) is 25.8. The Morgan fingerprint density at radius 3 is 2.40 bits per heavy atom. The minimum Gasteiger partial charge on any atom is -0.435 e. The molecule has 0 unspecified atom stereocenters. The van der Waals surface area contributed by atoms with Crippen LogP contribution in [0.5, 0.6) is 0 Å². The molecule has 0 atom stereocenters. The molecule has 190 valence electrons. The van der Waals surface area contributed by atoms with Gasteiger partial charge in [-0.3, -0.25) is 10.1 Å². The van der Waals surface area contributed by atoms with Crippen LogP contribution in [-0.2, 0) is 19.3 Å². The van der Waals surface area contributed by atoms with Crippen molar-refractivity contribution in [1.29, 1.82) is 0 Å². The highest BCUT2D eigenvalue weighted by atomic mass is 32.2. The summed E-state index contributed by atoms with van der Waals surface area (Å²) in [4.78, 5) is 31.1. The second-order valence-corrected chi connectivity index (χ2v) is 9.18.